The molecule has 1 aromatic heterocycles. The predicted molar refractivity (Wildman–Crippen MR) is 69.9 cm³/mol. The third-order valence-electron chi connectivity index (χ3n) is 3.17. The van der Waals surface area contributed by atoms with E-state index in [1.165, 1.54) is 17.2 Å². The molecule has 0 amide bonds. The molecule has 1 aliphatic rings. The molecule has 0 aliphatic carbocycles. The zero-order chi connectivity index (χ0) is 15.7. The van der Waals surface area contributed by atoms with Gasteiger partial charge in [-0.2, -0.15) is 17.5 Å². The van der Waals surface area contributed by atoms with Crippen molar-refractivity contribution in [3.05, 3.63) is 18.5 Å². The number of rotatable bonds is 3. The summed E-state index contributed by atoms with van der Waals surface area (Å²) >= 11 is 0. The van der Waals surface area contributed by atoms with Crippen molar-refractivity contribution in [2.24, 2.45) is 0 Å². The first kappa shape index (κ1) is 16.0. The van der Waals surface area contributed by atoms with Crippen molar-refractivity contribution in [2.75, 3.05) is 38.5 Å². The summed E-state index contributed by atoms with van der Waals surface area (Å²) in [6.07, 6.45) is -1.77. The van der Waals surface area contributed by atoms with Crippen LogP contribution in [0.3, 0.4) is 0 Å². The van der Waals surface area contributed by atoms with Crippen LogP contribution in [0.15, 0.2) is 23.4 Å². The van der Waals surface area contributed by atoms with Gasteiger partial charge in [0.05, 0.1) is 12.2 Å². The van der Waals surface area contributed by atoms with E-state index < -0.39 is 22.7 Å². The number of alkyl halides is 3. The van der Waals surface area contributed by atoms with Crippen LogP contribution in [0.4, 0.5) is 18.9 Å². The molecule has 1 fully saturated rings. The van der Waals surface area contributed by atoms with Gasteiger partial charge in [0.1, 0.15) is 4.90 Å². The Morgan fingerprint density at radius 1 is 1.24 bits per heavy atom. The van der Waals surface area contributed by atoms with Gasteiger partial charge < -0.3 is 5.73 Å². The molecule has 0 aromatic carbocycles. The van der Waals surface area contributed by atoms with Crippen molar-refractivity contribution in [3.8, 4) is 0 Å². The highest BCUT2D eigenvalue weighted by atomic mass is 32.2. The number of halogens is 3. The van der Waals surface area contributed by atoms with Crippen LogP contribution in [0.5, 0.6) is 0 Å². The predicted octanol–water partition coefficient (Wildman–Crippen LogP) is 0.532. The molecule has 2 N–H and O–H groups in total. The largest absolute Gasteiger partial charge is 0.401 e. The Morgan fingerprint density at radius 2 is 1.86 bits per heavy atom. The van der Waals surface area contributed by atoms with E-state index in [4.69, 9.17) is 5.73 Å². The van der Waals surface area contributed by atoms with E-state index in [1.54, 1.807) is 0 Å². The molecule has 0 bridgehead atoms. The van der Waals surface area contributed by atoms with Crippen LogP contribution in [-0.2, 0) is 10.0 Å². The fourth-order valence-corrected chi connectivity index (χ4v) is 3.61. The molecule has 0 saturated carbocycles. The number of nitrogens with two attached hydrogens (primary N) is 1. The number of anilines is 1. The minimum Gasteiger partial charge on any atom is -0.398 e. The number of nitrogen functional groups attached to an aromatic ring is 1. The van der Waals surface area contributed by atoms with E-state index >= 15 is 0 Å². The van der Waals surface area contributed by atoms with E-state index in [-0.39, 0.29) is 36.8 Å². The molecular formula is C11H15F3N4O2S. The summed E-state index contributed by atoms with van der Waals surface area (Å²) in [6.45, 7) is -0.993. The highest BCUT2D eigenvalue weighted by Crippen LogP contribution is 2.23. The van der Waals surface area contributed by atoms with E-state index in [1.807, 2.05) is 0 Å². The van der Waals surface area contributed by atoms with Crippen LogP contribution < -0.4 is 5.73 Å². The highest BCUT2D eigenvalue weighted by molar-refractivity contribution is 7.89. The second kappa shape index (κ2) is 5.78. The summed E-state index contributed by atoms with van der Waals surface area (Å²) in [5.74, 6) is 0. The Kier molecular flexibility index (Phi) is 4.40. The molecule has 0 radical (unpaired) electrons. The SMILES string of the molecule is Nc1ccncc1S(=O)(=O)N1CCN(CC(F)(F)F)CC1. The number of hydrogen-bond donors (Lipinski definition) is 1. The summed E-state index contributed by atoms with van der Waals surface area (Å²) in [6, 6.07) is 1.37. The van der Waals surface area contributed by atoms with Crippen LogP contribution in [-0.4, -0.2) is 61.5 Å². The average molecular weight is 324 g/mol. The molecule has 2 rings (SSSR count). The molecule has 2 heterocycles. The van der Waals surface area contributed by atoms with Gasteiger partial charge in [-0.25, -0.2) is 8.42 Å². The van der Waals surface area contributed by atoms with Crippen molar-refractivity contribution in [3.63, 3.8) is 0 Å². The summed E-state index contributed by atoms with van der Waals surface area (Å²) in [5.41, 5.74) is 5.69. The number of sulfonamides is 1. The Hall–Kier alpha value is -1.39. The summed E-state index contributed by atoms with van der Waals surface area (Å²) < 4.78 is 62.7. The van der Waals surface area contributed by atoms with Crippen LogP contribution in [0, 0.1) is 0 Å². The Balaban J connectivity index is 2.07. The molecule has 6 nitrogen and oxygen atoms in total. The minimum atomic E-state index is -4.28. The number of pyridine rings is 1. The number of piperazine rings is 1. The lowest BCUT2D eigenvalue weighted by atomic mass is 10.3. The van der Waals surface area contributed by atoms with Gasteiger partial charge in [-0.15, -0.1) is 0 Å². The van der Waals surface area contributed by atoms with Gasteiger partial charge in [-0.05, 0) is 6.07 Å². The van der Waals surface area contributed by atoms with Crippen molar-refractivity contribution in [1.82, 2.24) is 14.2 Å². The molecule has 118 valence electrons. The minimum absolute atomic E-state index is 0.00719. The van der Waals surface area contributed by atoms with Gasteiger partial charge in [-0.3, -0.25) is 9.88 Å². The maximum Gasteiger partial charge on any atom is 0.401 e. The fraction of sp³-hybridized carbons (Fsp3) is 0.545. The lowest BCUT2D eigenvalue weighted by Gasteiger charge is -2.34. The second-order valence-electron chi connectivity index (χ2n) is 4.71. The third kappa shape index (κ3) is 3.83. The first-order chi connectivity index (χ1) is 9.70. The molecule has 1 saturated heterocycles. The van der Waals surface area contributed by atoms with Gasteiger partial charge in [0.25, 0.3) is 0 Å². The van der Waals surface area contributed by atoms with E-state index in [0.29, 0.717) is 0 Å². The summed E-state index contributed by atoms with van der Waals surface area (Å²) in [5, 5.41) is 0. The Labute approximate surface area is 120 Å². The van der Waals surface area contributed by atoms with Crippen LogP contribution in [0.2, 0.25) is 0 Å². The standard InChI is InChI=1S/C11H15F3N4O2S/c12-11(13,14)8-17-3-5-18(6-4-17)21(19,20)10-7-16-2-1-9(10)15/h1-2,7H,3-6,8H2,(H2,15,16). The third-order valence-corrected chi connectivity index (χ3v) is 5.11. The molecule has 1 aromatic rings. The molecule has 0 unspecified atom stereocenters. The van der Waals surface area contributed by atoms with Gasteiger partial charge in [0, 0.05) is 38.6 Å². The van der Waals surface area contributed by atoms with Crippen LogP contribution >= 0.6 is 0 Å². The molecule has 0 spiro atoms. The topological polar surface area (TPSA) is 79.5 Å². The maximum absolute atomic E-state index is 12.4. The number of aromatic nitrogens is 1. The zero-order valence-electron chi connectivity index (χ0n) is 11.0. The van der Waals surface area contributed by atoms with E-state index in [0.717, 1.165) is 10.5 Å². The van der Waals surface area contributed by atoms with E-state index in [9.17, 15) is 21.6 Å². The lowest BCUT2D eigenvalue weighted by molar-refractivity contribution is -0.148. The van der Waals surface area contributed by atoms with Crippen molar-refractivity contribution in [2.45, 2.75) is 11.1 Å². The Bertz CT molecular complexity index is 598. The first-order valence-corrected chi connectivity index (χ1v) is 7.63. The molecule has 21 heavy (non-hydrogen) atoms. The van der Waals surface area contributed by atoms with Crippen LogP contribution in [0.25, 0.3) is 0 Å². The Morgan fingerprint density at radius 3 is 2.38 bits per heavy atom. The fourth-order valence-electron chi connectivity index (χ4n) is 2.13. The monoisotopic (exact) mass is 324 g/mol. The number of hydrogen-bond acceptors (Lipinski definition) is 5. The van der Waals surface area contributed by atoms with Gasteiger partial charge >= 0.3 is 6.18 Å². The smallest absolute Gasteiger partial charge is 0.398 e. The zero-order valence-corrected chi connectivity index (χ0v) is 11.9. The summed E-state index contributed by atoms with van der Waals surface area (Å²) in [4.78, 5) is 4.79. The van der Waals surface area contributed by atoms with Crippen molar-refractivity contribution in [1.29, 1.82) is 0 Å². The van der Waals surface area contributed by atoms with Gasteiger partial charge in [0.2, 0.25) is 10.0 Å². The molecule has 0 atom stereocenters. The van der Waals surface area contributed by atoms with Gasteiger partial charge in [0.15, 0.2) is 0 Å². The highest BCUT2D eigenvalue weighted by Gasteiger charge is 2.35. The molecular weight excluding hydrogens is 309 g/mol. The normalized spacial score (nSPS) is 18.8. The van der Waals surface area contributed by atoms with E-state index in [2.05, 4.69) is 4.98 Å². The van der Waals surface area contributed by atoms with Crippen molar-refractivity contribution >= 4 is 15.7 Å². The average Bonchev–Trinajstić information content (AvgIpc) is 2.37. The van der Waals surface area contributed by atoms with Crippen LogP contribution in [0.1, 0.15) is 0 Å². The quantitative estimate of drug-likeness (QED) is 0.877. The van der Waals surface area contributed by atoms with Gasteiger partial charge in [-0.1, -0.05) is 0 Å². The summed E-state index contributed by atoms with van der Waals surface area (Å²) in [7, 11) is -3.82. The molecule has 10 heteroatoms. The first-order valence-electron chi connectivity index (χ1n) is 6.19. The molecule has 1 aliphatic heterocycles. The second-order valence-corrected chi connectivity index (χ2v) is 6.62. The lowest BCUT2D eigenvalue weighted by Crippen LogP contribution is -2.50. The van der Waals surface area contributed by atoms with Crippen molar-refractivity contribution < 1.29 is 21.6 Å². The maximum atomic E-state index is 12.4. The number of nitrogens with zero attached hydrogens (tertiary/aromatic N) is 3.